The first-order valence-corrected chi connectivity index (χ1v) is 19.6. The number of rotatable bonds is 10. The SMILES string of the molecule is COc1ccc(C[C@H]2NC(=O)/C=C/C[C@@H]([C@H](C)/C=C/c3ccc(CN4C(=O)c5ccccc5C4=O)cc3)OC(=O)[C@H](CC(C)C)OC(=O)C(C)(C)CNC2=O)cc1Cl. The summed E-state index contributed by atoms with van der Waals surface area (Å²) in [7, 11) is 1.49. The molecule has 4 atom stereocenters. The predicted molar refractivity (Wildman–Crippen MR) is 219 cm³/mol. The lowest BCUT2D eigenvalue weighted by Gasteiger charge is -2.29. The Balaban J connectivity index is 1.35. The molecule has 0 aliphatic carbocycles. The standard InChI is InChI=1S/C45H50ClN3O9/c1-27(2)22-38-43(54)57-36(28(3)14-15-29-16-18-30(19-17-29)25-49-41(52)32-10-7-8-11-33(32)42(49)53)12-9-13-39(50)48-35(24-31-20-21-37(56-6)34(46)23-31)40(51)47-26-45(4,5)44(55)58-38/h7-11,13-21,23,27-28,35-36,38H,12,22,24-26H2,1-6H3,(H,47,51)(H,48,50)/b13-9+,15-14+/t28-,35-,36+,38+/m1/s1. The zero-order valence-corrected chi connectivity index (χ0v) is 34.3. The third-order valence-corrected chi connectivity index (χ3v) is 10.3. The maximum absolute atomic E-state index is 13.7. The van der Waals surface area contributed by atoms with Crippen molar-refractivity contribution in [2.45, 2.75) is 78.7 Å². The molecule has 4 amide bonds. The molecule has 0 radical (unpaired) electrons. The molecule has 0 saturated carbocycles. The van der Waals surface area contributed by atoms with E-state index < -0.39 is 47.4 Å². The van der Waals surface area contributed by atoms with Gasteiger partial charge in [-0.3, -0.25) is 28.9 Å². The van der Waals surface area contributed by atoms with E-state index in [1.807, 2.05) is 57.2 Å². The quantitative estimate of drug-likeness (QED) is 0.173. The molecule has 3 aromatic carbocycles. The highest BCUT2D eigenvalue weighted by Crippen LogP contribution is 2.27. The molecule has 0 fully saturated rings. The average Bonchev–Trinajstić information content (AvgIpc) is 3.42. The highest BCUT2D eigenvalue weighted by molar-refractivity contribution is 6.32. The van der Waals surface area contributed by atoms with Gasteiger partial charge in [-0.2, -0.15) is 0 Å². The van der Waals surface area contributed by atoms with Crippen molar-refractivity contribution < 1.29 is 43.0 Å². The molecule has 2 aliphatic heterocycles. The van der Waals surface area contributed by atoms with Gasteiger partial charge in [0.1, 0.15) is 17.9 Å². The number of amides is 4. The van der Waals surface area contributed by atoms with Gasteiger partial charge in [-0.15, -0.1) is 0 Å². The summed E-state index contributed by atoms with van der Waals surface area (Å²) >= 11 is 6.34. The molecular weight excluding hydrogens is 762 g/mol. The number of ether oxygens (including phenoxy) is 3. The summed E-state index contributed by atoms with van der Waals surface area (Å²) in [5, 5.41) is 5.87. The number of halogens is 1. The fourth-order valence-electron chi connectivity index (χ4n) is 6.51. The number of benzene rings is 3. The molecule has 58 heavy (non-hydrogen) atoms. The summed E-state index contributed by atoms with van der Waals surface area (Å²) in [4.78, 5) is 81.0. The van der Waals surface area contributed by atoms with Crippen LogP contribution in [0.3, 0.4) is 0 Å². The van der Waals surface area contributed by atoms with Crippen molar-refractivity contribution in [2.75, 3.05) is 13.7 Å². The Morgan fingerprint density at radius 3 is 2.19 bits per heavy atom. The van der Waals surface area contributed by atoms with Gasteiger partial charge in [0.2, 0.25) is 11.8 Å². The summed E-state index contributed by atoms with van der Waals surface area (Å²) in [5.74, 6) is -3.06. The number of carbonyl (C=O) groups is 6. The van der Waals surface area contributed by atoms with Crippen molar-refractivity contribution in [1.82, 2.24) is 15.5 Å². The van der Waals surface area contributed by atoms with Crippen LogP contribution in [-0.4, -0.2) is 72.4 Å². The second-order valence-electron chi connectivity index (χ2n) is 15.7. The van der Waals surface area contributed by atoms with Gasteiger partial charge in [-0.1, -0.05) is 93.1 Å². The van der Waals surface area contributed by atoms with Crippen LogP contribution < -0.4 is 15.4 Å². The van der Waals surface area contributed by atoms with E-state index in [-0.39, 0.29) is 56.0 Å². The molecule has 2 N–H and O–H groups in total. The number of methoxy groups -OCH3 is 1. The first-order valence-electron chi connectivity index (χ1n) is 19.3. The van der Waals surface area contributed by atoms with Crippen LogP contribution in [0, 0.1) is 17.3 Å². The van der Waals surface area contributed by atoms with Crippen molar-refractivity contribution >= 4 is 53.2 Å². The number of esters is 2. The van der Waals surface area contributed by atoms with Gasteiger partial charge in [-0.05, 0) is 73.2 Å². The van der Waals surface area contributed by atoms with Crippen LogP contribution in [0.4, 0.5) is 0 Å². The number of nitrogens with zero attached hydrogens (tertiary/aromatic N) is 1. The van der Waals surface area contributed by atoms with E-state index in [0.29, 0.717) is 27.5 Å². The Hall–Kier alpha value is -5.75. The number of carbonyl (C=O) groups excluding carboxylic acids is 6. The molecule has 0 spiro atoms. The summed E-state index contributed by atoms with van der Waals surface area (Å²) < 4.78 is 17.1. The van der Waals surface area contributed by atoms with Crippen LogP contribution in [-0.2, 0) is 41.6 Å². The Labute approximate surface area is 343 Å². The molecule has 2 heterocycles. The fourth-order valence-corrected chi connectivity index (χ4v) is 6.79. The third kappa shape index (κ3) is 11.0. The second-order valence-corrected chi connectivity index (χ2v) is 16.1. The lowest BCUT2D eigenvalue weighted by Crippen LogP contribution is -2.51. The van der Waals surface area contributed by atoms with Gasteiger partial charge in [0.15, 0.2) is 6.10 Å². The topological polar surface area (TPSA) is 157 Å². The minimum atomic E-state index is -1.24. The Morgan fingerprint density at radius 1 is 0.914 bits per heavy atom. The largest absolute Gasteiger partial charge is 0.495 e. The summed E-state index contributed by atoms with van der Waals surface area (Å²) in [6, 6.07) is 18.2. The smallest absolute Gasteiger partial charge is 0.347 e. The molecule has 12 nitrogen and oxygen atoms in total. The predicted octanol–water partition coefficient (Wildman–Crippen LogP) is 6.49. The zero-order chi connectivity index (χ0) is 42.1. The number of hydrogen-bond donors (Lipinski definition) is 2. The normalized spacial score (nSPS) is 21.6. The fraction of sp³-hybridized carbons (Fsp3) is 0.378. The number of hydrogen-bond acceptors (Lipinski definition) is 9. The van der Waals surface area contributed by atoms with Crippen molar-refractivity contribution in [1.29, 1.82) is 0 Å². The van der Waals surface area contributed by atoms with Crippen molar-refractivity contribution in [3.8, 4) is 5.75 Å². The first-order chi connectivity index (χ1) is 27.6. The van der Waals surface area contributed by atoms with Crippen LogP contribution in [0.2, 0.25) is 5.02 Å². The molecule has 0 bridgehead atoms. The lowest BCUT2D eigenvalue weighted by molar-refractivity contribution is -0.178. The van der Waals surface area contributed by atoms with E-state index in [4.69, 9.17) is 25.8 Å². The van der Waals surface area contributed by atoms with Gasteiger partial charge < -0.3 is 24.8 Å². The van der Waals surface area contributed by atoms with E-state index in [0.717, 1.165) is 11.1 Å². The van der Waals surface area contributed by atoms with Crippen LogP contribution in [0.15, 0.2) is 85.0 Å². The highest BCUT2D eigenvalue weighted by Gasteiger charge is 2.37. The Kier molecular flexibility index (Phi) is 14.3. The van der Waals surface area contributed by atoms with Gasteiger partial charge >= 0.3 is 11.9 Å². The van der Waals surface area contributed by atoms with Crippen molar-refractivity contribution in [3.63, 3.8) is 0 Å². The Morgan fingerprint density at radius 2 is 1.57 bits per heavy atom. The molecule has 306 valence electrons. The molecule has 3 aromatic rings. The summed E-state index contributed by atoms with van der Waals surface area (Å²) in [6.45, 7) is 8.86. The lowest BCUT2D eigenvalue weighted by atomic mass is 9.93. The van der Waals surface area contributed by atoms with Crippen LogP contribution >= 0.6 is 11.6 Å². The summed E-state index contributed by atoms with van der Waals surface area (Å²) in [5.41, 5.74) is 1.82. The first kappa shape index (κ1) is 43.4. The number of fused-ring (bicyclic) bond motifs is 1. The maximum Gasteiger partial charge on any atom is 0.347 e. The second kappa shape index (κ2) is 19.1. The van der Waals surface area contributed by atoms with Crippen LogP contribution in [0.5, 0.6) is 5.75 Å². The van der Waals surface area contributed by atoms with Gasteiger partial charge in [-0.25, -0.2) is 4.79 Å². The van der Waals surface area contributed by atoms with E-state index in [2.05, 4.69) is 10.6 Å². The van der Waals surface area contributed by atoms with E-state index in [1.54, 1.807) is 62.4 Å². The molecule has 0 aromatic heterocycles. The maximum atomic E-state index is 13.7. The highest BCUT2D eigenvalue weighted by atomic mass is 35.5. The molecule has 0 unspecified atom stereocenters. The molecule has 2 aliphatic rings. The third-order valence-electron chi connectivity index (χ3n) is 10.0. The number of imide groups is 1. The minimum Gasteiger partial charge on any atom is -0.495 e. The van der Waals surface area contributed by atoms with Crippen LogP contribution in [0.1, 0.15) is 84.9 Å². The molecule has 0 saturated heterocycles. The zero-order valence-electron chi connectivity index (χ0n) is 33.6. The van der Waals surface area contributed by atoms with E-state index >= 15 is 0 Å². The van der Waals surface area contributed by atoms with Gasteiger partial charge in [0.25, 0.3) is 11.8 Å². The number of nitrogens with one attached hydrogen (secondary N) is 2. The number of cyclic esters (lactones) is 2. The van der Waals surface area contributed by atoms with E-state index in [9.17, 15) is 28.8 Å². The monoisotopic (exact) mass is 811 g/mol. The average molecular weight is 812 g/mol. The Bertz CT molecular complexity index is 2060. The minimum absolute atomic E-state index is 0.0228. The van der Waals surface area contributed by atoms with Crippen LogP contribution in [0.25, 0.3) is 6.08 Å². The van der Waals surface area contributed by atoms with Gasteiger partial charge in [0.05, 0.1) is 35.2 Å². The molecule has 5 rings (SSSR count). The van der Waals surface area contributed by atoms with Crippen molar-refractivity contribution in [3.05, 3.63) is 118 Å². The van der Waals surface area contributed by atoms with Gasteiger partial charge in [0, 0.05) is 25.3 Å². The van der Waals surface area contributed by atoms with Crippen molar-refractivity contribution in [2.24, 2.45) is 17.3 Å². The molecule has 13 heteroatoms. The summed E-state index contributed by atoms with van der Waals surface area (Å²) in [6.07, 6.45) is 5.07. The molecular formula is C45H50ClN3O9. The van der Waals surface area contributed by atoms with E-state index in [1.165, 1.54) is 18.1 Å².